The maximum atomic E-state index is 12.2. The Morgan fingerprint density at radius 2 is 1.83 bits per heavy atom. The van der Waals surface area contributed by atoms with Gasteiger partial charge in [-0.15, -0.1) is 0 Å². The van der Waals surface area contributed by atoms with Crippen LogP contribution in [0.1, 0.15) is 24.2 Å². The van der Waals surface area contributed by atoms with Gasteiger partial charge in [-0.05, 0) is 72.2 Å². The molecule has 23 heavy (non-hydrogen) atoms. The van der Waals surface area contributed by atoms with E-state index in [1.54, 1.807) is 49.4 Å². The van der Waals surface area contributed by atoms with Gasteiger partial charge in [-0.25, -0.2) is 0 Å². The summed E-state index contributed by atoms with van der Waals surface area (Å²) in [7, 11) is 0. The number of ether oxygens (including phenoxy) is 1. The van der Waals surface area contributed by atoms with Crippen LogP contribution in [0.4, 0.5) is 5.69 Å². The lowest BCUT2D eigenvalue weighted by molar-refractivity contribution is -0.122. The van der Waals surface area contributed by atoms with Crippen LogP contribution in [-0.4, -0.2) is 17.8 Å². The van der Waals surface area contributed by atoms with Crippen LogP contribution in [0.15, 0.2) is 46.9 Å². The number of Topliss-reactive ketones (excluding diaryl/α,β-unsaturated/α-hetero) is 1. The van der Waals surface area contributed by atoms with E-state index < -0.39 is 6.10 Å². The summed E-state index contributed by atoms with van der Waals surface area (Å²) in [5.41, 5.74) is 1.20. The van der Waals surface area contributed by atoms with E-state index in [1.165, 1.54) is 6.92 Å². The third-order valence-electron chi connectivity index (χ3n) is 3.13. The molecule has 0 saturated carbocycles. The molecule has 1 N–H and O–H groups in total. The van der Waals surface area contributed by atoms with Crippen LogP contribution >= 0.6 is 27.5 Å². The van der Waals surface area contributed by atoms with Crippen molar-refractivity contribution in [3.05, 3.63) is 57.5 Å². The van der Waals surface area contributed by atoms with Crippen LogP contribution in [-0.2, 0) is 4.79 Å². The Kier molecular flexibility index (Phi) is 5.80. The molecule has 0 aliphatic rings. The van der Waals surface area contributed by atoms with E-state index in [0.29, 0.717) is 26.5 Å². The summed E-state index contributed by atoms with van der Waals surface area (Å²) in [6, 6.07) is 11.8. The van der Waals surface area contributed by atoms with E-state index in [9.17, 15) is 9.59 Å². The fourth-order valence-electron chi connectivity index (χ4n) is 1.85. The van der Waals surface area contributed by atoms with Crippen molar-refractivity contribution in [2.45, 2.75) is 20.0 Å². The maximum Gasteiger partial charge on any atom is 0.265 e. The first-order chi connectivity index (χ1) is 10.9. The minimum Gasteiger partial charge on any atom is -0.480 e. The van der Waals surface area contributed by atoms with Gasteiger partial charge in [0.25, 0.3) is 5.91 Å². The molecule has 2 rings (SSSR count). The number of hydrogen-bond donors (Lipinski definition) is 1. The molecule has 0 fully saturated rings. The average molecular weight is 397 g/mol. The Balaban J connectivity index is 2.00. The van der Waals surface area contributed by atoms with Crippen molar-refractivity contribution in [1.29, 1.82) is 0 Å². The van der Waals surface area contributed by atoms with Gasteiger partial charge in [0, 0.05) is 16.3 Å². The summed E-state index contributed by atoms with van der Waals surface area (Å²) in [5, 5.41) is 3.32. The predicted molar refractivity (Wildman–Crippen MR) is 94.3 cm³/mol. The number of halogens is 2. The highest BCUT2D eigenvalue weighted by Gasteiger charge is 2.16. The quantitative estimate of drug-likeness (QED) is 0.745. The Hall–Kier alpha value is -1.85. The van der Waals surface area contributed by atoms with Crippen LogP contribution in [0.5, 0.6) is 5.75 Å². The van der Waals surface area contributed by atoms with Gasteiger partial charge in [-0.2, -0.15) is 0 Å². The largest absolute Gasteiger partial charge is 0.480 e. The van der Waals surface area contributed by atoms with Gasteiger partial charge in [-0.1, -0.05) is 11.6 Å². The molecule has 6 heteroatoms. The molecular weight excluding hydrogens is 382 g/mol. The highest BCUT2D eigenvalue weighted by Crippen LogP contribution is 2.28. The van der Waals surface area contributed by atoms with Crippen molar-refractivity contribution >= 4 is 44.9 Å². The zero-order chi connectivity index (χ0) is 17.0. The molecule has 0 unspecified atom stereocenters. The topological polar surface area (TPSA) is 55.4 Å². The molecule has 0 radical (unpaired) electrons. The zero-order valence-electron chi connectivity index (χ0n) is 12.6. The van der Waals surface area contributed by atoms with Crippen molar-refractivity contribution < 1.29 is 14.3 Å². The van der Waals surface area contributed by atoms with Gasteiger partial charge in [0.2, 0.25) is 0 Å². The molecular formula is C17H15BrClNO3. The number of rotatable bonds is 5. The lowest BCUT2D eigenvalue weighted by Crippen LogP contribution is -2.30. The molecule has 2 aromatic rings. The summed E-state index contributed by atoms with van der Waals surface area (Å²) in [5.74, 6) is 0.221. The normalized spacial score (nSPS) is 11.7. The minimum atomic E-state index is -0.694. The highest BCUT2D eigenvalue weighted by molar-refractivity contribution is 9.10. The fraction of sp³-hybridized carbons (Fsp3) is 0.176. The summed E-state index contributed by atoms with van der Waals surface area (Å²) in [4.78, 5) is 23.4. The summed E-state index contributed by atoms with van der Waals surface area (Å²) in [6.45, 7) is 3.15. The first-order valence-electron chi connectivity index (χ1n) is 6.90. The predicted octanol–water partition coefficient (Wildman–Crippen LogP) is 4.71. The van der Waals surface area contributed by atoms with Crippen molar-refractivity contribution in [3.8, 4) is 5.75 Å². The van der Waals surface area contributed by atoms with Crippen molar-refractivity contribution in [3.63, 3.8) is 0 Å². The van der Waals surface area contributed by atoms with Gasteiger partial charge in [0.05, 0.1) is 4.47 Å². The van der Waals surface area contributed by atoms with Crippen molar-refractivity contribution in [2.75, 3.05) is 5.32 Å². The van der Waals surface area contributed by atoms with E-state index >= 15 is 0 Å². The van der Waals surface area contributed by atoms with E-state index in [4.69, 9.17) is 16.3 Å². The van der Waals surface area contributed by atoms with Crippen LogP contribution < -0.4 is 10.1 Å². The van der Waals surface area contributed by atoms with Gasteiger partial charge < -0.3 is 10.1 Å². The van der Waals surface area contributed by atoms with E-state index in [2.05, 4.69) is 21.2 Å². The Bertz CT molecular complexity index is 731. The number of ketones is 1. The molecule has 0 aliphatic carbocycles. The fourth-order valence-corrected chi connectivity index (χ4v) is 2.62. The zero-order valence-corrected chi connectivity index (χ0v) is 14.9. The summed E-state index contributed by atoms with van der Waals surface area (Å²) in [6.07, 6.45) is -0.694. The molecule has 2 aromatic carbocycles. The van der Waals surface area contributed by atoms with E-state index in [-0.39, 0.29) is 11.7 Å². The van der Waals surface area contributed by atoms with Crippen LogP contribution in [0.2, 0.25) is 5.02 Å². The lowest BCUT2D eigenvalue weighted by Gasteiger charge is -2.16. The number of hydrogen-bond acceptors (Lipinski definition) is 3. The van der Waals surface area contributed by atoms with E-state index in [1.807, 2.05) is 0 Å². The van der Waals surface area contributed by atoms with Gasteiger partial charge in [0.15, 0.2) is 11.9 Å². The summed E-state index contributed by atoms with van der Waals surface area (Å²) < 4.78 is 6.30. The molecule has 1 atom stereocenters. The van der Waals surface area contributed by atoms with Crippen molar-refractivity contribution in [2.24, 2.45) is 0 Å². The number of nitrogens with one attached hydrogen (secondary N) is 1. The van der Waals surface area contributed by atoms with Gasteiger partial charge in [0.1, 0.15) is 5.75 Å². The standard InChI is InChI=1S/C17H15BrClNO3/c1-10(21)12-3-6-14(7-4-12)20-17(22)11(2)23-16-8-5-13(19)9-15(16)18/h3-9,11H,1-2H3,(H,20,22)/t11-/m1/s1. The Morgan fingerprint density at radius 1 is 1.17 bits per heavy atom. The molecule has 1 amide bonds. The summed E-state index contributed by atoms with van der Waals surface area (Å²) >= 11 is 9.21. The maximum absolute atomic E-state index is 12.2. The van der Waals surface area contributed by atoms with Crippen LogP contribution in [0.25, 0.3) is 0 Å². The first kappa shape index (κ1) is 17.5. The average Bonchev–Trinajstić information content (AvgIpc) is 2.50. The van der Waals surface area contributed by atoms with Crippen LogP contribution in [0, 0.1) is 0 Å². The second-order valence-corrected chi connectivity index (χ2v) is 6.25. The molecule has 0 bridgehead atoms. The number of amides is 1. The molecule has 0 saturated heterocycles. The highest BCUT2D eigenvalue weighted by atomic mass is 79.9. The molecule has 120 valence electrons. The third-order valence-corrected chi connectivity index (χ3v) is 3.98. The molecule has 0 heterocycles. The van der Waals surface area contributed by atoms with Crippen LogP contribution in [0.3, 0.4) is 0 Å². The second-order valence-electron chi connectivity index (χ2n) is 4.96. The minimum absolute atomic E-state index is 0.0211. The molecule has 0 aromatic heterocycles. The Labute approximate surface area is 147 Å². The number of carbonyl (C=O) groups excluding carboxylic acids is 2. The smallest absolute Gasteiger partial charge is 0.265 e. The first-order valence-corrected chi connectivity index (χ1v) is 8.07. The number of benzene rings is 2. The number of anilines is 1. The van der Waals surface area contributed by atoms with E-state index in [0.717, 1.165) is 0 Å². The Morgan fingerprint density at radius 3 is 2.39 bits per heavy atom. The van der Waals surface area contributed by atoms with Crippen molar-refractivity contribution in [1.82, 2.24) is 0 Å². The molecule has 0 spiro atoms. The number of carbonyl (C=O) groups is 2. The third kappa shape index (κ3) is 4.81. The molecule has 0 aliphatic heterocycles. The van der Waals surface area contributed by atoms with Gasteiger partial charge >= 0.3 is 0 Å². The second kappa shape index (κ2) is 7.62. The lowest BCUT2D eigenvalue weighted by atomic mass is 10.1. The SMILES string of the molecule is CC(=O)c1ccc(NC(=O)[C@@H](C)Oc2ccc(Cl)cc2Br)cc1. The monoisotopic (exact) mass is 395 g/mol. The van der Waals surface area contributed by atoms with Gasteiger partial charge in [-0.3, -0.25) is 9.59 Å². The molecule has 4 nitrogen and oxygen atoms in total.